The molecule has 0 aliphatic rings. The van der Waals surface area contributed by atoms with Gasteiger partial charge in [0.25, 0.3) is 0 Å². The molecule has 0 atom stereocenters. The Kier molecular flexibility index (Phi) is 5.78. The number of benzene rings is 1. The Balaban J connectivity index is 1.56. The molecule has 1 amide bonds. The van der Waals surface area contributed by atoms with Gasteiger partial charge in [-0.15, -0.1) is 0 Å². The van der Waals surface area contributed by atoms with E-state index in [1.165, 1.54) is 18.2 Å². The zero-order chi connectivity index (χ0) is 19.1. The molecule has 3 rings (SSSR count). The van der Waals surface area contributed by atoms with Gasteiger partial charge in [0.1, 0.15) is 5.75 Å². The maximum atomic E-state index is 11.9. The summed E-state index contributed by atoms with van der Waals surface area (Å²) < 4.78 is 5.09. The molecule has 0 spiro atoms. The molecular weight excluding hydrogens is 348 g/mol. The highest BCUT2D eigenvalue weighted by atomic mass is 16.6. The van der Waals surface area contributed by atoms with Crippen molar-refractivity contribution in [3.63, 3.8) is 0 Å². The number of phenolic OH excluding ortho intramolecular Hbond substituents is 1. The number of nitrogens with zero attached hydrogens (tertiary/aromatic N) is 2. The Labute approximate surface area is 154 Å². The minimum absolute atomic E-state index is 0.116. The fraction of sp³-hybridized carbons (Fsp3) is 0.158. The fourth-order valence-corrected chi connectivity index (χ4v) is 2.41. The predicted octanol–water partition coefficient (Wildman–Crippen LogP) is 2.26. The number of aromatic nitrogens is 3. The second kappa shape index (κ2) is 8.61. The topological polar surface area (TPSA) is 117 Å². The van der Waals surface area contributed by atoms with Gasteiger partial charge in [0, 0.05) is 30.6 Å². The smallest absolute Gasteiger partial charge is 0.412 e. The van der Waals surface area contributed by atoms with E-state index in [1.54, 1.807) is 24.5 Å². The van der Waals surface area contributed by atoms with Crippen LogP contribution in [0.15, 0.2) is 59.7 Å². The number of H-pyrrole nitrogens is 1. The fourth-order valence-electron chi connectivity index (χ4n) is 2.41. The van der Waals surface area contributed by atoms with Crippen molar-refractivity contribution in [2.24, 2.45) is 0 Å². The number of hydrogen-bond acceptors (Lipinski definition) is 6. The second-order valence-corrected chi connectivity index (χ2v) is 5.77. The Morgan fingerprint density at radius 3 is 2.78 bits per heavy atom. The number of nitrogens with one attached hydrogen (secondary N) is 2. The molecule has 0 bridgehead atoms. The molecule has 8 nitrogen and oxygen atoms in total. The number of carbonyl (C=O) groups excluding carboxylic acids is 1. The van der Waals surface area contributed by atoms with Crippen LogP contribution in [-0.4, -0.2) is 32.9 Å². The summed E-state index contributed by atoms with van der Waals surface area (Å²) in [6, 6.07) is 11.5. The van der Waals surface area contributed by atoms with E-state index >= 15 is 0 Å². The van der Waals surface area contributed by atoms with Crippen molar-refractivity contribution >= 4 is 6.09 Å². The average molecular weight is 366 g/mol. The summed E-state index contributed by atoms with van der Waals surface area (Å²) in [7, 11) is 0. The van der Waals surface area contributed by atoms with Gasteiger partial charge in [0.15, 0.2) is 0 Å². The Hall–Kier alpha value is -3.68. The second-order valence-electron chi connectivity index (χ2n) is 5.77. The number of rotatable bonds is 6. The maximum absolute atomic E-state index is 11.9. The van der Waals surface area contributed by atoms with Crippen LogP contribution in [0, 0.1) is 0 Å². The monoisotopic (exact) mass is 366 g/mol. The molecule has 0 saturated carbocycles. The molecule has 8 heteroatoms. The van der Waals surface area contributed by atoms with E-state index in [2.05, 4.69) is 20.5 Å². The SMILES string of the molecule is O=C(NCCCc1cccnc1)Oc1cc(-c2ccc(O)cc2)n[nH]c1=O. The van der Waals surface area contributed by atoms with Gasteiger partial charge in [0.05, 0.1) is 5.69 Å². The van der Waals surface area contributed by atoms with Crippen molar-refractivity contribution in [3.05, 3.63) is 70.8 Å². The Morgan fingerprint density at radius 1 is 1.22 bits per heavy atom. The highest BCUT2D eigenvalue weighted by Crippen LogP contribution is 2.21. The number of ether oxygens (including phenoxy) is 1. The summed E-state index contributed by atoms with van der Waals surface area (Å²) in [5, 5.41) is 18.2. The van der Waals surface area contributed by atoms with Crippen molar-refractivity contribution in [1.82, 2.24) is 20.5 Å². The summed E-state index contributed by atoms with van der Waals surface area (Å²) in [6.45, 7) is 0.404. The van der Waals surface area contributed by atoms with E-state index in [1.807, 2.05) is 12.1 Å². The van der Waals surface area contributed by atoms with Gasteiger partial charge in [-0.3, -0.25) is 9.78 Å². The first-order valence-corrected chi connectivity index (χ1v) is 8.35. The summed E-state index contributed by atoms with van der Waals surface area (Å²) in [5.74, 6) is -0.0388. The lowest BCUT2D eigenvalue weighted by molar-refractivity contribution is 0.199. The van der Waals surface area contributed by atoms with E-state index in [0.717, 1.165) is 12.0 Å². The first-order chi connectivity index (χ1) is 13.1. The van der Waals surface area contributed by atoms with Crippen LogP contribution >= 0.6 is 0 Å². The number of carbonyl (C=O) groups is 1. The highest BCUT2D eigenvalue weighted by molar-refractivity contribution is 5.71. The number of aromatic hydroxyl groups is 1. The third-order valence-electron chi connectivity index (χ3n) is 3.77. The standard InChI is InChI=1S/C19H18N4O4/c24-15-7-5-14(6-8-15)16-11-17(18(25)23-22-16)27-19(26)21-10-2-4-13-3-1-9-20-12-13/h1,3,5-9,11-12,24H,2,4,10H2,(H,21,26)(H,23,25). The quantitative estimate of drug-likeness (QED) is 0.576. The number of aromatic amines is 1. The van der Waals surface area contributed by atoms with Crippen LogP contribution < -0.4 is 15.6 Å². The van der Waals surface area contributed by atoms with Gasteiger partial charge in [0.2, 0.25) is 5.75 Å². The van der Waals surface area contributed by atoms with Crippen molar-refractivity contribution in [2.75, 3.05) is 6.54 Å². The summed E-state index contributed by atoms with van der Waals surface area (Å²) >= 11 is 0. The third kappa shape index (κ3) is 5.15. The van der Waals surface area contributed by atoms with E-state index in [9.17, 15) is 14.7 Å². The van der Waals surface area contributed by atoms with Crippen LogP contribution in [0.2, 0.25) is 0 Å². The first-order valence-electron chi connectivity index (χ1n) is 8.35. The largest absolute Gasteiger partial charge is 0.508 e. The average Bonchev–Trinajstić information content (AvgIpc) is 2.68. The van der Waals surface area contributed by atoms with Gasteiger partial charge >= 0.3 is 11.7 Å². The van der Waals surface area contributed by atoms with Crippen molar-refractivity contribution in [3.8, 4) is 22.8 Å². The molecule has 3 N–H and O–H groups in total. The van der Waals surface area contributed by atoms with Gasteiger partial charge in [-0.1, -0.05) is 6.07 Å². The van der Waals surface area contributed by atoms with Gasteiger partial charge in [-0.2, -0.15) is 5.10 Å². The molecule has 0 fully saturated rings. The third-order valence-corrected chi connectivity index (χ3v) is 3.77. The summed E-state index contributed by atoms with van der Waals surface area (Å²) in [5.41, 5.74) is 1.54. The molecule has 0 radical (unpaired) electrons. The molecule has 27 heavy (non-hydrogen) atoms. The molecule has 3 aromatic rings. The van der Waals surface area contributed by atoms with E-state index in [-0.39, 0.29) is 11.5 Å². The van der Waals surface area contributed by atoms with E-state index in [0.29, 0.717) is 24.2 Å². The molecular formula is C19H18N4O4. The maximum Gasteiger partial charge on any atom is 0.412 e. The number of aryl methyl sites for hydroxylation is 1. The minimum Gasteiger partial charge on any atom is -0.508 e. The summed E-state index contributed by atoms with van der Waals surface area (Å²) in [4.78, 5) is 27.8. The molecule has 0 unspecified atom stereocenters. The molecule has 2 aromatic heterocycles. The number of phenols is 1. The Bertz CT molecular complexity index is 955. The van der Waals surface area contributed by atoms with Crippen LogP contribution in [0.1, 0.15) is 12.0 Å². The van der Waals surface area contributed by atoms with Crippen molar-refractivity contribution < 1.29 is 14.6 Å². The highest BCUT2D eigenvalue weighted by Gasteiger charge is 2.11. The van der Waals surface area contributed by atoms with Gasteiger partial charge in [-0.05, 0) is 48.7 Å². The lowest BCUT2D eigenvalue weighted by Crippen LogP contribution is -2.30. The van der Waals surface area contributed by atoms with E-state index < -0.39 is 11.7 Å². The van der Waals surface area contributed by atoms with Crippen LogP contribution in [-0.2, 0) is 6.42 Å². The molecule has 0 aliphatic carbocycles. The number of pyridine rings is 1. The summed E-state index contributed by atoms with van der Waals surface area (Å²) in [6.07, 6.45) is 4.26. The van der Waals surface area contributed by atoms with Crippen molar-refractivity contribution in [2.45, 2.75) is 12.8 Å². The molecule has 2 heterocycles. The van der Waals surface area contributed by atoms with Crippen LogP contribution in [0.4, 0.5) is 4.79 Å². The normalized spacial score (nSPS) is 10.4. The van der Waals surface area contributed by atoms with Crippen molar-refractivity contribution in [1.29, 1.82) is 0 Å². The molecule has 0 saturated heterocycles. The zero-order valence-corrected chi connectivity index (χ0v) is 14.4. The minimum atomic E-state index is -0.713. The lowest BCUT2D eigenvalue weighted by Gasteiger charge is -2.07. The number of hydrogen-bond donors (Lipinski definition) is 3. The molecule has 138 valence electrons. The van der Waals surface area contributed by atoms with Crippen LogP contribution in [0.25, 0.3) is 11.3 Å². The van der Waals surface area contributed by atoms with Crippen LogP contribution in [0.3, 0.4) is 0 Å². The van der Waals surface area contributed by atoms with Gasteiger partial charge in [-0.25, -0.2) is 9.89 Å². The predicted molar refractivity (Wildman–Crippen MR) is 98.5 cm³/mol. The van der Waals surface area contributed by atoms with Crippen LogP contribution in [0.5, 0.6) is 11.5 Å². The molecule has 1 aromatic carbocycles. The molecule has 0 aliphatic heterocycles. The lowest BCUT2D eigenvalue weighted by atomic mass is 10.1. The Morgan fingerprint density at radius 2 is 2.04 bits per heavy atom. The number of amides is 1. The zero-order valence-electron chi connectivity index (χ0n) is 14.4. The first kappa shape index (κ1) is 18.1. The van der Waals surface area contributed by atoms with E-state index in [4.69, 9.17) is 4.74 Å². The van der Waals surface area contributed by atoms with Gasteiger partial charge < -0.3 is 15.2 Å².